The summed E-state index contributed by atoms with van der Waals surface area (Å²) in [6.07, 6.45) is -3.17. The molecule has 0 aliphatic rings. The zero-order valence-corrected chi connectivity index (χ0v) is 20.8. The van der Waals surface area contributed by atoms with E-state index in [-0.39, 0.29) is 17.1 Å². The number of thioether (sulfide) groups is 1. The van der Waals surface area contributed by atoms with Crippen LogP contribution in [0.3, 0.4) is 0 Å². The third kappa shape index (κ3) is 7.12. The van der Waals surface area contributed by atoms with Gasteiger partial charge in [-0.2, -0.15) is 13.2 Å². The number of amides is 1. The highest BCUT2D eigenvalue weighted by atomic mass is 35.5. The summed E-state index contributed by atoms with van der Waals surface area (Å²) in [5.41, 5.74) is -0.738. The van der Waals surface area contributed by atoms with Gasteiger partial charge in [0.25, 0.3) is 10.0 Å². The molecule has 3 rings (SSSR count). The molecule has 0 saturated heterocycles. The van der Waals surface area contributed by atoms with Crippen LogP contribution < -0.4 is 9.62 Å². The molecule has 1 aromatic heterocycles. The maximum atomic E-state index is 13.4. The van der Waals surface area contributed by atoms with Crippen LogP contribution in [0.1, 0.15) is 11.1 Å². The molecule has 3 aromatic rings. The van der Waals surface area contributed by atoms with Gasteiger partial charge in [0.15, 0.2) is 0 Å². The predicted octanol–water partition coefficient (Wildman–Crippen LogP) is 5.17. The summed E-state index contributed by atoms with van der Waals surface area (Å²) in [7, 11) is -4.37. The lowest BCUT2D eigenvalue weighted by Crippen LogP contribution is -2.41. The van der Waals surface area contributed by atoms with E-state index in [9.17, 15) is 26.4 Å². The van der Waals surface area contributed by atoms with Crippen LogP contribution >= 0.6 is 23.4 Å². The number of pyridine rings is 1. The number of halogens is 4. The molecule has 0 atom stereocenters. The summed E-state index contributed by atoms with van der Waals surface area (Å²) < 4.78 is 67.6. The van der Waals surface area contributed by atoms with Crippen molar-refractivity contribution in [3.05, 3.63) is 83.0 Å². The van der Waals surface area contributed by atoms with Crippen LogP contribution in [0.4, 0.5) is 18.9 Å². The van der Waals surface area contributed by atoms with Crippen LogP contribution in [0.15, 0.2) is 76.8 Å². The number of carbonyl (C=O) groups is 1. The number of benzene rings is 2. The van der Waals surface area contributed by atoms with Crippen molar-refractivity contribution in [1.82, 2.24) is 10.3 Å². The van der Waals surface area contributed by atoms with Gasteiger partial charge >= 0.3 is 6.18 Å². The molecule has 12 heteroatoms. The van der Waals surface area contributed by atoms with Crippen molar-refractivity contribution in [2.75, 3.05) is 23.1 Å². The van der Waals surface area contributed by atoms with E-state index in [0.29, 0.717) is 16.1 Å². The van der Waals surface area contributed by atoms with Gasteiger partial charge in [0.2, 0.25) is 5.91 Å². The van der Waals surface area contributed by atoms with E-state index in [1.807, 2.05) is 6.07 Å². The molecule has 186 valence electrons. The molecule has 2 aromatic carbocycles. The average Bonchev–Trinajstić information content (AvgIpc) is 2.81. The van der Waals surface area contributed by atoms with Crippen LogP contribution in [0.25, 0.3) is 0 Å². The molecular formula is C23H21ClF3N3O3S2. The van der Waals surface area contributed by atoms with Gasteiger partial charge in [-0.15, -0.1) is 11.8 Å². The molecule has 0 bridgehead atoms. The van der Waals surface area contributed by atoms with Gasteiger partial charge in [0, 0.05) is 18.5 Å². The third-order valence-corrected chi connectivity index (χ3v) is 7.81. The fourth-order valence-corrected chi connectivity index (χ4v) is 5.36. The summed E-state index contributed by atoms with van der Waals surface area (Å²) in [6.45, 7) is 1.25. The Bertz CT molecular complexity index is 1270. The lowest BCUT2D eigenvalue weighted by Gasteiger charge is -2.25. The number of hydrogen-bond donors (Lipinski definition) is 1. The van der Waals surface area contributed by atoms with E-state index in [2.05, 4.69) is 10.3 Å². The van der Waals surface area contributed by atoms with E-state index in [4.69, 9.17) is 11.6 Å². The number of anilines is 1. The summed E-state index contributed by atoms with van der Waals surface area (Å²) in [5, 5.41) is 2.78. The smallest absolute Gasteiger partial charge is 0.354 e. The number of nitrogens with zero attached hydrogens (tertiary/aromatic N) is 2. The average molecular weight is 544 g/mol. The van der Waals surface area contributed by atoms with E-state index in [1.165, 1.54) is 23.9 Å². The summed E-state index contributed by atoms with van der Waals surface area (Å²) in [6, 6.07) is 13.9. The largest absolute Gasteiger partial charge is 0.417 e. The first-order valence-corrected chi connectivity index (χ1v) is 13.1. The number of sulfonamides is 1. The minimum atomic E-state index is -4.81. The van der Waals surface area contributed by atoms with Crippen LogP contribution in [-0.2, 0) is 21.0 Å². The second-order valence-electron chi connectivity index (χ2n) is 7.35. The maximum Gasteiger partial charge on any atom is 0.417 e. The highest BCUT2D eigenvalue weighted by Gasteiger charge is 2.35. The minimum absolute atomic E-state index is 0.162. The predicted molar refractivity (Wildman–Crippen MR) is 130 cm³/mol. The Kier molecular flexibility index (Phi) is 8.68. The number of alkyl halides is 3. The van der Waals surface area contributed by atoms with Crippen LogP contribution in [-0.4, -0.2) is 38.2 Å². The summed E-state index contributed by atoms with van der Waals surface area (Å²) in [5.74, 6) is -0.210. The topological polar surface area (TPSA) is 79.4 Å². The SMILES string of the molecule is Cc1ccc(S(=O)(=O)N(CC(=O)NCCSc2ccccn2)c2ccc(Cl)c(C(F)(F)F)c2)cc1. The van der Waals surface area contributed by atoms with Crippen molar-refractivity contribution in [3.8, 4) is 0 Å². The molecule has 1 N–H and O–H groups in total. The number of rotatable bonds is 9. The van der Waals surface area contributed by atoms with Gasteiger partial charge in [-0.25, -0.2) is 13.4 Å². The number of aromatic nitrogens is 1. The molecular weight excluding hydrogens is 523 g/mol. The van der Waals surface area contributed by atoms with Crippen molar-refractivity contribution in [2.24, 2.45) is 0 Å². The number of carbonyl (C=O) groups excluding carboxylic acids is 1. The standard InChI is InChI=1S/C23H21ClF3N3O3S2/c1-16-5-8-18(9-6-16)35(32,33)30(17-7-10-20(24)19(14-17)23(25,26)27)15-21(31)28-12-13-34-22-4-2-3-11-29-22/h2-11,14H,12-13,15H2,1H3,(H,28,31). The van der Waals surface area contributed by atoms with Gasteiger partial charge < -0.3 is 5.32 Å². The van der Waals surface area contributed by atoms with E-state index >= 15 is 0 Å². The third-order valence-electron chi connectivity index (χ3n) is 4.75. The lowest BCUT2D eigenvalue weighted by molar-refractivity contribution is -0.137. The first kappa shape index (κ1) is 26.8. The molecule has 0 saturated carbocycles. The van der Waals surface area contributed by atoms with E-state index in [1.54, 1.807) is 37.4 Å². The Hall–Kier alpha value is -2.76. The molecule has 35 heavy (non-hydrogen) atoms. The second kappa shape index (κ2) is 11.3. The zero-order valence-electron chi connectivity index (χ0n) is 18.4. The normalized spacial score (nSPS) is 11.8. The monoisotopic (exact) mass is 543 g/mol. The maximum absolute atomic E-state index is 13.4. The number of nitrogens with one attached hydrogen (secondary N) is 1. The quantitative estimate of drug-likeness (QED) is 0.298. The lowest BCUT2D eigenvalue weighted by atomic mass is 10.2. The highest BCUT2D eigenvalue weighted by Crippen LogP contribution is 2.38. The molecule has 0 radical (unpaired) electrons. The molecule has 0 aliphatic heterocycles. The second-order valence-corrected chi connectivity index (χ2v) is 10.7. The summed E-state index contributed by atoms with van der Waals surface area (Å²) >= 11 is 7.09. The molecule has 1 heterocycles. The summed E-state index contributed by atoms with van der Waals surface area (Å²) in [4.78, 5) is 16.6. The Morgan fingerprint density at radius 3 is 2.46 bits per heavy atom. The fourth-order valence-electron chi connectivity index (χ4n) is 3.00. The van der Waals surface area contributed by atoms with Gasteiger partial charge in [-0.3, -0.25) is 9.10 Å². The Morgan fingerprint density at radius 1 is 1.11 bits per heavy atom. The molecule has 0 fully saturated rings. The Morgan fingerprint density at radius 2 is 1.83 bits per heavy atom. The molecule has 0 unspecified atom stereocenters. The van der Waals surface area contributed by atoms with Crippen molar-refractivity contribution in [3.63, 3.8) is 0 Å². The van der Waals surface area contributed by atoms with Crippen LogP contribution in [0, 0.1) is 6.92 Å². The van der Waals surface area contributed by atoms with Crippen LogP contribution in [0.2, 0.25) is 5.02 Å². The first-order valence-electron chi connectivity index (χ1n) is 10.2. The van der Waals surface area contributed by atoms with Crippen molar-refractivity contribution in [1.29, 1.82) is 0 Å². The Labute approximate surface area is 210 Å². The van der Waals surface area contributed by atoms with Gasteiger partial charge in [-0.05, 0) is 49.4 Å². The highest BCUT2D eigenvalue weighted by molar-refractivity contribution is 7.99. The van der Waals surface area contributed by atoms with E-state index in [0.717, 1.165) is 22.7 Å². The van der Waals surface area contributed by atoms with Gasteiger partial charge in [0.1, 0.15) is 6.54 Å². The fraction of sp³-hybridized carbons (Fsp3) is 0.217. The molecule has 1 amide bonds. The Balaban J connectivity index is 1.84. The van der Waals surface area contributed by atoms with Crippen LogP contribution in [0.5, 0.6) is 0 Å². The van der Waals surface area contributed by atoms with Crippen molar-refractivity contribution in [2.45, 2.75) is 23.0 Å². The van der Waals surface area contributed by atoms with Crippen molar-refractivity contribution < 1.29 is 26.4 Å². The molecule has 0 aliphatic carbocycles. The van der Waals surface area contributed by atoms with Gasteiger partial charge in [-0.1, -0.05) is 35.4 Å². The zero-order chi connectivity index (χ0) is 25.6. The molecule has 0 spiro atoms. The van der Waals surface area contributed by atoms with Crippen molar-refractivity contribution >= 4 is 45.0 Å². The van der Waals surface area contributed by atoms with Gasteiger partial charge in [0.05, 0.1) is 26.2 Å². The number of aryl methyl sites for hydroxylation is 1. The minimum Gasteiger partial charge on any atom is -0.354 e. The first-order chi connectivity index (χ1) is 16.5. The molecule has 6 nitrogen and oxygen atoms in total. The number of hydrogen-bond acceptors (Lipinski definition) is 5. The van der Waals surface area contributed by atoms with E-state index < -0.39 is 39.2 Å².